The number of nitrogens with zero attached hydrogens (tertiary/aromatic N) is 1. The van der Waals surface area contributed by atoms with E-state index in [9.17, 15) is 4.79 Å². The minimum atomic E-state index is -0.398. The van der Waals surface area contributed by atoms with Crippen LogP contribution in [0.15, 0.2) is 24.3 Å². The van der Waals surface area contributed by atoms with Crippen molar-refractivity contribution >= 4 is 11.6 Å². The summed E-state index contributed by atoms with van der Waals surface area (Å²) < 4.78 is 0. The van der Waals surface area contributed by atoms with Gasteiger partial charge < -0.3 is 16.0 Å². The zero-order valence-electron chi connectivity index (χ0n) is 10.4. The second-order valence-corrected chi connectivity index (χ2v) is 5.01. The van der Waals surface area contributed by atoms with Crippen molar-refractivity contribution in [3.05, 3.63) is 29.8 Å². The monoisotopic (exact) mass is 233 g/mol. The number of hydrogen-bond donors (Lipinski definition) is 2. The molecule has 0 spiro atoms. The molecule has 1 heterocycles. The van der Waals surface area contributed by atoms with E-state index < -0.39 is 5.54 Å². The van der Waals surface area contributed by atoms with Gasteiger partial charge in [0.25, 0.3) is 0 Å². The van der Waals surface area contributed by atoms with Crippen LogP contribution >= 0.6 is 0 Å². The Hall–Kier alpha value is -1.55. The maximum absolute atomic E-state index is 11.4. The van der Waals surface area contributed by atoms with Crippen LogP contribution in [0.5, 0.6) is 0 Å². The van der Waals surface area contributed by atoms with Gasteiger partial charge in [-0.1, -0.05) is 18.2 Å². The summed E-state index contributed by atoms with van der Waals surface area (Å²) >= 11 is 0. The van der Waals surface area contributed by atoms with Gasteiger partial charge in [0, 0.05) is 24.3 Å². The molecule has 1 fully saturated rings. The first kappa shape index (κ1) is 11.9. The fourth-order valence-electron chi connectivity index (χ4n) is 2.14. The van der Waals surface area contributed by atoms with Gasteiger partial charge in [0.15, 0.2) is 0 Å². The quantitative estimate of drug-likeness (QED) is 0.795. The van der Waals surface area contributed by atoms with Gasteiger partial charge >= 0.3 is 0 Å². The lowest BCUT2D eigenvalue weighted by Gasteiger charge is -2.33. The number of benzene rings is 1. The molecular formula is C13H19N3O. The highest BCUT2D eigenvalue weighted by atomic mass is 16.2. The van der Waals surface area contributed by atoms with Gasteiger partial charge in [-0.3, -0.25) is 4.79 Å². The number of rotatable bonds is 2. The van der Waals surface area contributed by atoms with Crippen LogP contribution in [-0.2, 0) is 10.3 Å². The van der Waals surface area contributed by atoms with Gasteiger partial charge in [0.2, 0.25) is 5.91 Å². The number of carbonyl (C=O) groups is 1. The topological polar surface area (TPSA) is 58.4 Å². The van der Waals surface area contributed by atoms with Gasteiger partial charge in [0.1, 0.15) is 0 Å². The Kier molecular flexibility index (Phi) is 3.07. The molecule has 0 aliphatic carbocycles. The van der Waals surface area contributed by atoms with Crippen LogP contribution in [0.3, 0.4) is 0 Å². The maximum atomic E-state index is 11.4. The third kappa shape index (κ3) is 2.58. The van der Waals surface area contributed by atoms with Crippen molar-refractivity contribution in [3.63, 3.8) is 0 Å². The number of piperazine rings is 1. The summed E-state index contributed by atoms with van der Waals surface area (Å²) in [6, 6.07) is 8.03. The molecule has 0 aromatic heterocycles. The van der Waals surface area contributed by atoms with Crippen molar-refractivity contribution in [2.24, 2.45) is 5.73 Å². The zero-order chi connectivity index (χ0) is 12.5. The Bertz CT molecular complexity index is 423. The van der Waals surface area contributed by atoms with Crippen molar-refractivity contribution in [1.29, 1.82) is 0 Å². The van der Waals surface area contributed by atoms with Crippen LogP contribution in [-0.4, -0.2) is 25.5 Å². The van der Waals surface area contributed by atoms with E-state index in [1.165, 1.54) is 0 Å². The zero-order valence-corrected chi connectivity index (χ0v) is 10.4. The highest BCUT2D eigenvalue weighted by Gasteiger charge is 2.23. The van der Waals surface area contributed by atoms with Crippen LogP contribution in [0.4, 0.5) is 5.69 Å². The Morgan fingerprint density at radius 1 is 1.35 bits per heavy atom. The Morgan fingerprint density at radius 3 is 2.71 bits per heavy atom. The van der Waals surface area contributed by atoms with Gasteiger partial charge in [-0.15, -0.1) is 0 Å². The molecule has 0 radical (unpaired) electrons. The highest BCUT2D eigenvalue weighted by Crippen LogP contribution is 2.28. The summed E-state index contributed by atoms with van der Waals surface area (Å²) in [5.41, 5.74) is 7.92. The van der Waals surface area contributed by atoms with Crippen LogP contribution < -0.4 is 16.0 Å². The molecule has 1 aromatic rings. The third-order valence-electron chi connectivity index (χ3n) is 2.98. The van der Waals surface area contributed by atoms with E-state index in [2.05, 4.69) is 10.2 Å². The van der Waals surface area contributed by atoms with Crippen molar-refractivity contribution in [2.45, 2.75) is 19.4 Å². The summed E-state index contributed by atoms with van der Waals surface area (Å²) in [6.45, 7) is 5.90. The smallest absolute Gasteiger partial charge is 0.239 e. The lowest BCUT2D eigenvalue weighted by atomic mass is 9.93. The average Bonchev–Trinajstić information content (AvgIpc) is 2.28. The van der Waals surface area contributed by atoms with Crippen LogP contribution in [0.1, 0.15) is 19.4 Å². The Morgan fingerprint density at radius 2 is 2.06 bits per heavy atom. The third-order valence-corrected chi connectivity index (χ3v) is 2.98. The summed E-state index contributed by atoms with van der Waals surface area (Å²) in [6.07, 6.45) is 0. The highest BCUT2D eigenvalue weighted by molar-refractivity contribution is 5.83. The molecule has 17 heavy (non-hydrogen) atoms. The lowest BCUT2D eigenvalue weighted by Crippen LogP contribution is -2.48. The van der Waals surface area contributed by atoms with Gasteiger partial charge in [-0.05, 0) is 25.5 Å². The number of para-hydroxylation sites is 1. The van der Waals surface area contributed by atoms with Crippen molar-refractivity contribution in [1.82, 2.24) is 5.32 Å². The minimum absolute atomic E-state index is 0.0703. The molecule has 0 saturated carbocycles. The SMILES string of the molecule is CC(C)(N)c1ccccc1N1CCNC(=O)C1. The largest absolute Gasteiger partial charge is 0.360 e. The maximum Gasteiger partial charge on any atom is 0.239 e. The first-order valence-electron chi connectivity index (χ1n) is 5.88. The molecule has 0 bridgehead atoms. The minimum Gasteiger partial charge on any atom is -0.360 e. The van der Waals surface area contributed by atoms with E-state index in [1.807, 2.05) is 38.1 Å². The molecule has 1 aromatic carbocycles. The number of nitrogens with two attached hydrogens (primary N) is 1. The molecular weight excluding hydrogens is 214 g/mol. The Labute approximate surface area is 102 Å². The summed E-state index contributed by atoms with van der Waals surface area (Å²) in [4.78, 5) is 13.5. The molecule has 1 amide bonds. The molecule has 0 unspecified atom stereocenters. The van der Waals surface area contributed by atoms with Gasteiger partial charge in [0.05, 0.1) is 6.54 Å². The van der Waals surface area contributed by atoms with E-state index in [0.29, 0.717) is 13.1 Å². The van der Waals surface area contributed by atoms with Crippen molar-refractivity contribution in [2.75, 3.05) is 24.5 Å². The van der Waals surface area contributed by atoms with E-state index in [4.69, 9.17) is 5.73 Å². The summed E-state index contributed by atoms with van der Waals surface area (Å²) in [7, 11) is 0. The first-order valence-corrected chi connectivity index (χ1v) is 5.88. The normalized spacial score (nSPS) is 16.9. The van der Waals surface area contributed by atoms with Crippen LogP contribution in [0.2, 0.25) is 0 Å². The molecule has 3 N–H and O–H groups in total. The molecule has 0 atom stereocenters. The second-order valence-electron chi connectivity index (χ2n) is 5.01. The fourth-order valence-corrected chi connectivity index (χ4v) is 2.14. The lowest BCUT2D eigenvalue weighted by molar-refractivity contribution is -0.120. The van der Waals surface area contributed by atoms with Crippen molar-refractivity contribution in [3.8, 4) is 0 Å². The predicted molar refractivity (Wildman–Crippen MR) is 68.9 cm³/mol. The summed E-state index contributed by atoms with van der Waals surface area (Å²) in [5, 5.41) is 2.83. The molecule has 1 saturated heterocycles. The molecule has 1 aliphatic heterocycles. The molecule has 1 aliphatic rings. The fraction of sp³-hybridized carbons (Fsp3) is 0.462. The van der Waals surface area contributed by atoms with Crippen LogP contribution in [0, 0.1) is 0 Å². The van der Waals surface area contributed by atoms with Crippen molar-refractivity contribution < 1.29 is 4.79 Å². The van der Waals surface area contributed by atoms with Gasteiger partial charge in [-0.2, -0.15) is 0 Å². The van der Waals surface area contributed by atoms with E-state index in [1.54, 1.807) is 0 Å². The molecule has 2 rings (SSSR count). The van der Waals surface area contributed by atoms with E-state index >= 15 is 0 Å². The van der Waals surface area contributed by atoms with E-state index in [0.717, 1.165) is 17.8 Å². The molecule has 4 heteroatoms. The number of amides is 1. The number of anilines is 1. The standard InChI is InChI=1S/C13H19N3O/c1-13(2,14)10-5-3-4-6-11(10)16-8-7-15-12(17)9-16/h3-6H,7-9,14H2,1-2H3,(H,15,17). The van der Waals surface area contributed by atoms with Crippen LogP contribution in [0.25, 0.3) is 0 Å². The number of hydrogen-bond acceptors (Lipinski definition) is 3. The number of nitrogens with one attached hydrogen (secondary N) is 1. The summed E-state index contributed by atoms with van der Waals surface area (Å²) in [5.74, 6) is 0.0703. The van der Waals surface area contributed by atoms with E-state index in [-0.39, 0.29) is 5.91 Å². The average molecular weight is 233 g/mol. The Balaban J connectivity index is 2.34. The molecule has 4 nitrogen and oxygen atoms in total. The van der Waals surface area contributed by atoms with Gasteiger partial charge in [-0.25, -0.2) is 0 Å². The first-order chi connectivity index (χ1) is 7.98. The predicted octanol–water partition coefficient (Wildman–Crippen LogP) is 0.817. The number of carbonyl (C=O) groups excluding carboxylic acids is 1. The molecule has 92 valence electrons. The second kappa shape index (κ2) is 4.37.